The van der Waals surface area contributed by atoms with E-state index in [1.54, 1.807) is 30.3 Å². The summed E-state index contributed by atoms with van der Waals surface area (Å²) in [4.78, 5) is 0.0926. The minimum atomic E-state index is -3.68. The summed E-state index contributed by atoms with van der Waals surface area (Å²) >= 11 is 5.88. The second-order valence-electron chi connectivity index (χ2n) is 3.58. The first kappa shape index (κ1) is 12.1. The monoisotopic (exact) mass is 267 g/mol. The van der Waals surface area contributed by atoms with E-state index < -0.39 is 10.0 Å². The SMILES string of the molecule is NS(=O)(=O)c1cccc(-c2cccc(Cl)c2)c1. The lowest BCUT2D eigenvalue weighted by molar-refractivity contribution is 0.598. The zero-order chi connectivity index (χ0) is 12.5. The topological polar surface area (TPSA) is 60.2 Å². The Morgan fingerprint density at radius 3 is 2.12 bits per heavy atom. The van der Waals surface area contributed by atoms with E-state index in [4.69, 9.17) is 16.7 Å². The van der Waals surface area contributed by atoms with Crippen LogP contribution in [0.1, 0.15) is 0 Å². The Balaban J connectivity index is 2.54. The van der Waals surface area contributed by atoms with Crippen LogP contribution in [0.5, 0.6) is 0 Å². The van der Waals surface area contributed by atoms with E-state index in [1.165, 1.54) is 12.1 Å². The molecule has 0 amide bonds. The molecule has 17 heavy (non-hydrogen) atoms. The smallest absolute Gasteiger partial charge is 0.225 e. The van der Waals surface area contributed by atoms with Crippen LogP contribution in [-0.2, 0) is 10.0 Å². The van der Waals surface area contributed by atoms with Crippen molar-refractivity contribution in [3.63, 3.8) is 0 Å². The molecule has 3 nitrogen and oxygen atoms in total. The van der Waals surface area contributed by atoms with Crippen LogP contribution >= 0.6 is 11.6 Å². The summed E-state index contributed by atoms with van der Waals surface area (Å²) in [6.07, 6.45) is 0. The average Bonchev–Trinajstić information content (AvgIpc) is 2.28. The molecule has 2 aromatic carbocycles. The highest BCUT2D eigenvalue weighted by atomic mass is 35.5. The number of benzene rings is 2. The molecule has 5 heteroatoms. The van der Waals surface area contributed by atoms with Gasteiger partial charge in [0.2, 0.25) is 10.0 Å². The summed E-state index contributed by atoms with van der Waals surface area (Å²) < 4.78 is 22.5. The summed E-state index contributed by atoms with van der Waals surface area (Å²) in [7, 11) is -3.68. The highest BCUT2D eigenvalue weighted by Gasteiger charge is 2.08. The Morgan fingerprint density at radius 2 is 1.53 bits per heavy atom. The molecule has 0 atom stereocenters. The first-order valence-electron chi connectivity index (χ1n) is 4.85. The van der Waals surface area contributed by atoms with Gasteiger partial charge in [-0.05, 0) is 35.4 Å². The molecule has 0 saturated heterocycles. The summed E-state index contributed by atoms with van der Waals surface area (Å²) in [6.45, 7) is 0. The summed E-state index contributed by atoms with van der Waals surface area (Å²) in [6, 6.07) is 13.6. The lowest BCUT2D eigenvalue weighted by atomic mass is 10.1. The van der Waals surface area contributed by atoms with E-state index in [0.717, 1.165) is 11.1 Å². The van der Waals surface area contributed by atoms with Crippen LogP contribution in [0.25, 0.3) is 11.1 Å². The lowest BCUT2D eigenvalue weighted by Gasteiger charge is -2.04. The van der Waals surface area contributed by atoms with Crippen molar-refractivity contribution in [2.24, 2.45) is 5.14 Å². The van der Waals surface area contributed by atoms with Gasteiger partial charge in [-0.1, -0.05) is 35.9 Å². The van der Waals surface area contributed by atoms with Crippen molar-refractivity contribution in [2.45, 2.75) is 4.90 Å². The van der Waals surface area contributed by atoms with Gasteiger partial charge in [-0.3, -0.25) is 0 Å². The van der Waals surface area contributed by atoms with Crippen LogP contribution in [-0.4, -0.2) is 8.42 Å². The van der Waals surface area contributed by atoms with Crippen molar-refractivity contribution in [2.75, 3.05) is 0 Å². The average molecular weight is 268 g/mol. The molecule has 0 spiro atoms. The van der Waals surface area contributed by atoms with Crippen LogP contribution in [0.2, 0.25) is 5.02 Å². The van der Waals surface area contributed by atoms with Gasteiger partial charge in [-0.25, -0.2) is 13.6 Å². The molecule has 2 aromatic rings. The number of nitrogens with two attached hydrogens (primary N) is 1. The van der Waals surface area contributed by atoms with Crippen LogP contribution in [0.3, 0.4) is 0 Å². The van der Waals surface area contributed by atoms with E-state index in [1.807, 2.05) is 6.07 Å². The quantitative estimate of drug-likeness (QED) is 0.909. The number of rotatable bonds is 2. The van der Waals surface area contributed by atoms with Crippen molar-refractivity contribution in [1.82, 2.24) is 0 Å². The Labute approximate surface area is 105 Å². The van der Waals surface area contributed by atoms with E-state index in [-0.39, 0.29) is 4.90 Å². The van der Waals surface area contributed by atoms with Gasteiger partial charge in [-0.15, -0.1) is 0 Å². The maximum absolute atomic E-state index is 11.2. The van der Waals surface area contributed by atoms with Crippen molar-refractivity contribution >= 4 is 21.6 Å². The first-order chi connectivity index (χ1) is 7.97. The molecule has 0 aliphatic heterocycles. The van der Waals surface area contributed by atoms with Crippen molar-refractivity contribution < 1.29 is 8.42 Å². The fourth-order valence-corrected chi connectivity index (χ4v) is 2.27. The minimum absolute atomic E-state index is 0.0926. The molecule has 0 aromatic heterocycles. The van der Waals surface area contributed by atoms with Crippen LogP contribution in [0, 0.1) is 0 Å². The fraction of sp³-hybridized carbons (Fsp3) is 0. The third kappa shape index (κ3) is 2.85. The Kier molecular flexibility index (Phi) is 3.19. The molecule has 0 heterocycles. The zero-order valence-electron chi connectivity index (χ0n) is 8.80. The molecule has 88 valence electrons. The van der Waals surface area contributed by atoms with E-state index in [9.17, 15) is 8.42 Å². The molecule has 2 N–H and O–H groups in total. The van der Waals surface area contributed by atoms with E-state index >= 15 is 0 Å². The Bertz CT molecular complexity index is 653. The minimum Gasteiger partial charge on any atom is -0.225 e. The van der Waals surface area contributed by atoms with Gasteiger partial charge in [0.05, 0.1) is 4.90 Å². The predicted molar refractivity (Wildman–Crippen MR) is 68.3 cm³/mol. The third-order valence-corrected chi connectivity index (χ3v) is 3.47. The van der Waals surface area contributed by atoms with Crippen molar-refractivity contribution in [3.8, 4) is 11.1 Å². The summed E-state index contributed by atoms with van der Waals surface area (Å²) in [5, 5.41) is 5.68. The van der Waals surface area contributed by atoms with Gasteiger partial charge in [0.1, 0.15) is 0 Å². The van der Waals surface area contributed by atoms with Crippen molar-refractivity contribution in [1.29, 1.82) is 0 Å². The van der Waals surface area contributed by atoms with Gasteiger partial charge in [0.15, 0.2) is 0 Å². The maximum atomic E-state index is 11.2. The van der Waals surface area contributed by atoms with Crippen LogP contribution in [0.4, 0.5) is 0 Å². The zero-order valence-corrected chi connectivity index (χ0v) is 10.4. The fourth-order valence-electron chi connectivity index (χ4n) is 1.52. The number of sulfonamides is 1. The number of hydrogen-bond donors (Lipinski definition) is 1. The maximum Gasteiger partial charge on any atom is 0.238 e. The molecular formula is C12H10ClNO2S. The van der Waals surface area contributed by atoms with E-state index in [2.05, 4.69) is 0 Å². The van der Waals surface area contributed by atoms with Gasteiger partial charge < -0.3 is 0 Å². The normalized spacial score (nSPS) is 11.4. The standard InChI is InChI=1S/C12H10ClNO2S/c13-11-5-1-3-9(7-11)10-4-2-6-12(8-10)17(14,15)16/h1-8H,(H2,14,15,16). The highest BCUT2D eigenvalue weighted by Crippen LogP contribution is 2.24. The van der Waals surface area contributed by atoms with Crippen LogP contribution in [0.15, 0.2) is 53.4 Å². The number of primary sulfonamides is 1. The molecule has 0 unspecified atom stereocenters. The molecule has 0 radical (unpaired) electrons. The van der Waals surface area contributed by atoms with E-state index in [0.29, 0.717) is 5.02 Å². The number of halogens is 1. The molecule has 0 saturated carbocycles. The molecule has 0 aliphatic carbocycles. The van der Waals surface area contributed by atoms with Crippen LogP contribution < -0.4 is 5.14 Å². The molecule has 0 fully saturated rings. The van der Waals surface area contributed by atoms with Gasteiger partial charge >= 0.3 is 0 Å². The van der Waals surface area contributed by atoms with Gasteiger partial charge in [0, 0.05) is 5.02 Å². The summed E-state index contributed by atoms with van der Waals surface area (Å²) in [5.41, 5.74) is 1.61. The third-order valence-electron chi connectivity index (χ3n) is 2.32. The molecular weight excluding hydrogens is 258 g/mol. The van der Waals surface area contributed by atoms with Gasteiger partial charge in [0.25, 0.3) is 0 Å². The lowest BCUT2D eigenvalue weighted by Crippen LogP contribution is -2.11. The largest absolute Gasteiger partial charge is 0.238 e. The summed E-state index contributed by atoms with van der Waals surface area (Å²) in [5.74, 6) is 0. The first-order valence-corrected chi connectivity index (χ1v) is 6.78. The van der Waals surface area contributed by atoms with Crippen molar-refractivity contribution in [3.05, 3.63) is 53.6 Å². The van der Waals surface area contributed by atoms with Gasteiger partial charge in [-0.2, -0.15) is 0 Å². The second kappa shape index (κ2) is 4.49. The second-order valence-corrected chi connectivity index (χ2v) is 5.58. The number of hydrogen-bond acceptors (Lipinski definition) is 2. The molecule has 0 aliphatic rings. The molecule has 2 rings (SSSR count). The Hall–Kier alpha value is -1.36. The predicted octanol–water partition coefficient (Wildman–Crippen LogP) is 2.65. The Morgan fingerprint density at radius 1 is 0.941 bits per heavy atom. The highest BCUT2D eigenvalue weighted by molar-refractivity contribution is 7.89. The molecule has 0 bridgehead atoms.